The molecular formula is C13H26O. The van der Waals surface area contributed by atoms with Gasteiger partial charge in [0.15, 0.2) is 0 Å². The van der Waals surface area contributed by atoms with Gasteiger partial charge in [-0.15, -0.1) is 0 Å². The third kappa shape index (κ3) is 7.14. The molecule has 1 N–H and O–H groups in total. The average molecular weight is 198 g/mol. The fraction of sp³-hybridized carbons (Fsp3) is 0.846. The van der Waals surface area contributed by atoms with Gasteiger partial charge < -0.3 is 5.11 Å². The van der Waals surface area contributed by atoms with E-state index in [4.69, 9.17) is 0 Å². The summed E-state index contributed by atoms with van der Waals surface area (Å²) in [7, 11) is 0. The van der Waals surface area contributed by atoms with Gasteiger partial charge in [-0.1, -0.05) is 39.3 Å². The van der Waals surface area contributed by atoms with Crippen LogP contribution < -0.4 is 0 Å². The summed E-state index contributed by atoms with van der Waals surface area (Å²) < 4.78 is 0. The maximum absolute atomic E-state index is 9.54. The number of allylic oxidation sites excluding steroid dienone is 2. The van der Waals surface area contributed by atoms with Crippen LogP contribution in [0.2, 0.25) is 0 Å². The van der Waals surface area contributed by atoms with Crippen molar-refractivity contribution in [2.24, 2.45) is 5.92 Å². The highest BCUT2D eigenvalue weighted by Crippen LogP contribution is 2.18. The molecule has 0 aromatic carbocycles. The molecule has 0 spiro atoms. The van der Waals surface area contributed by atoms with Gasteiger partial charge in [-0.2, -0.15) is 0 Å². The number of rotatable bonds is 8. The van der Waals surface area contributed by atoms with Gasteiger partial charge in [0.05, 0.1) is 6.10 Å². The molecule has 2 unspecified atom stereocenters. The molecule has 1 heteroatoms. The second-order valence-corrected chi connectivity index (χ2v) is 4.03. The van der Waals surface area contributed by atoms with Crippen molar-refractivity contribution >= 4 is 0 Å². The monoisotopic (exact) mass is 198 g/mol. The SMILES string of the molecule is CCC=CCCC(CC)CC(O)CC. The summed E-state index contributed by atoms with van der Waals surface area (Å²) >= 11 is 0. The molecule has 2 atom stereocenters. The number of aliphatic hydroxyl groups excluding tert-OH is 1. The highest BCUT2D eigenvalue weighted by molar-refractivity contribution is 4.81. The molecule has 0 bridgehead atoms. The van der Waals surface area contributed by atoms with Crippen molar-refractivity contribution in [2.45, 2.75) is 65.4 Å². The molecule has 0 amide bonds. The lowest BCUT2D eigenvalue weighted by atomic mass is 9.93. The zero-order valence-corrected chi connectivity index (χ0v) is 10.00. The van der Waals surface area contributed by atoms with Gasteiger partial charge in [0.2, 0.25) is 0 Å². The van der Waals surface area contributed by atoms with Crippen LogP contribution in [0.3, 0.4) is 0 Å². The lowest BCUT2D eigenvalue weighted by Crippen LogP contribution is -2.11. The molecule has 0 aliphatic rings. The summed E-state index contributed by atoms with van der Waals surface area (Å²) in [5.74, 6) is 0.700. The number of aliphatic hydroxyl groups is 1. The van der Waals surface area contributed by atoms with Crippen LogP contribution in [0.25, 0.3) is 0 Å². The molecule has 14 heavy (non-hydrogen) atoms. The van der Waals surface area contributed by atoms with Crippen LogP contribution in [0.4, 0.5) is 0 Å². The van der Waals surface area contributed by atoms with Crippen LogP contribution >= 0.6 is 0 Å². The van der Waals surface area contributed by atoms with Gasteiger partial charge in [0.1, 0.15) is 0 Å². The summed E-state index contributed by atoms with van der Waals surface area (Å²) in [6.07, 6.45) is 11.0. The Balaban J connectivity index is 3.62. The third-order valence-electron chi connectivity index (χ3n) is 2.80. The van der Waals surface area contributed by atoms with Crippen molar-refractivity contribution in [3.05, 3.63) is 12.2 Å². The fourth-order valence-electron chi connectivity index (χ4n) is 1.66. The van der Waals surface area contributed by atoms with Gasteiger partial charge in [-0.25, -0.2) is 0 Å². The summed E-state index contributed by atoms with van der Waals surface area (Å²) in [6.45, 7) is 6.43. The van der Waals surface area contributed by atoms with Crippen molar-refractivity contribution < 1.29 is 5.11 Å². The minimum Gasteiger partial charge on any atom is -0.393 e. The maximum Gasteiger partial charge on any atom is 0.0540 e. The zero-order chi connectivity index (χ0) is 10.8. The molecule has 1 nitrogen and oxygen atoms in total. The third-order valence-corrected chi connectivity index (χ3v) is 2.80. The second-order valence-electron chi connectivity index (χ2n) is 4.03. The van der Waals surface area contributed by atoms with Crippen LogP contribution in [0, 0.1) is 5.92 Å². The van der Waals surface area contributed by atoms with Crippen molar-refractivity contribution in [3.63, 3.8) is 0 Å². The molecule has 0 fully saturated rings. The van der Waals surface area contributed by atoms with Gasteiger partial charge >= 0.3 is 0 Å². The van der Waals surface area contributed by atoms with E-state index in [9.17, 15) is 5.11 Å². The Morgan fingerprint density at radius 2 is 1.79 bits per heavy atom. The Hall–Kier alpha value is -0.300. The van der Waals surface area contributed by atoms with Crippen LogP contribution in [0.5, 0.6) is 0 Å². The Morgan fingerprint density at radius 1 is 1.07 bits per heavy atom. The Bertz CT molecular complexity index is 140. The second kappa shape index (κ2) is 9.26. The van der Waals surface area contributed by atoms with E-state index in [2.05, 4.69) is 26.0 Å². The molecule has 0 saturated heterocycles. The largest absolute Gasteiger partial charge is 0.393 e. The van der Waals surface area contributed by atoms with Crippen LogP contribution in [-0.4, -0.2) is 11.2 Å². The minimum atomic E-state index is -0.0879. The van der Waals surface area contributed by atoms with Crippen molar-refractivity contribution in [2.75, 3.05) is 0 Å². The first-order valence-electron chi connectivity index (χ1n) is 6.07. The van der Waals surface area contributed by atoms with Crippen LogP contribution in [0.1, 0.15) is 59.3 Å². The molecule has 84 valence electrons. The first-order chi connectivity index (χ1) is 6.74. The lowest BCUT2D eigenvalue weighted by Gasteiger charge is -2.16. The molecule has 0 rings (SSSR count). The average Bonchev–Trinajstić information content (AvgIpc) is 2.22. The topological polar surface area (TPSA) is 20.2 Å². The van der Waals surface area contributed by atoms with Gasteiger partial charge in [0, 0.05) is 0 Å². The standard InChI is InChI=1S/C13H26O/c1-4-7-8-9-10-12(5-2)11-13(14)6-3/h7-8,12-14H,4-6,9-11H2,1-3H3. The predicted molar refractivity (Wildman–Crippen MR) is 63.4 cm³/mol. The zero-order valence-electron chi connectivity index (χ0n) is 10.00. The number of hydrogen-bond donors (Lipinski definition) is 1. The van der Waals surface area contributed by atoms with E-state index in [1.165, 1.54) is 19.3 Å². The predicted octanol–water partition coefficient (Wildman–Crippen LogP) is 3.92. The molecule has 0 aromatic heterocycles. The van der Waals surface area contributed by atoms with E-state index in [-0.39, 0.29) is 6.10 Å². The summed E-state index contributed by atoms with van der Waals surface area (Å²) in [4.78, 5) is 0. The summed E-state index contributed by atoms with van der Waals surface area (Å²) in [5, 5.41) is 9.54. The smallest absolute Gasteiger partial charge is 0.0540 e. The Kier molecular flexibility index (Phi) is 9.06. The van der Waals surface area contributed by atoms with Crippen LogP contribution in [-0.2, 0) is 0 Å². The van der Waals surface area contributed by atoms with Crippen molar-refractivity contribution in [1.29, 1.82) is 0 Å². The van der Waals surface area contributed by atoms with E-state index < -0.39 is 0 Å². The van der Waals surface area contributed by atoms with E-state index >= 15 is 0 Å². The van der Waals surface area contributed by atoms with Crippen LogP contribution in [0.15, 0.2) is 12.2 Å². The Morgan fingerprint density at radius 3 is 2.29 bits per heavy atom. The van der Waals surface area contributed by atoms with E-state index in [0.717, 1.165) is 19.3 Å². The molecule has 0 saturated carbocycles. The van der Waals surface area contributed by atoms with Gasteiger partial charge in [-0.3, -0.25) is 0 Å². The molecule has 0 heterocycles. The highest BCUT2D eigenvalue weighted by Gasteiger charge is 2.10. The van der Waals surface area contributed by atoms with Crippen molar-refractivity contribution in [1.82, 2.24) is 0 Å². The first kappa shape index (κ1) is 13.7. The minimum absolute atomic E-state index is 0.0879. The van der Waals surface area contributed by atoms with E-state index in [1.807, 2.05) is 6.92 Å². The normalized spacial score (nSPS) is 16.0. The summed E-state index contributed by atoms with van der Waals surface area (Å²) in [5.41, 5.74) is 0. The molecular weight excluding hydrogens is 172 g/mol. The highest BCUT2D eigenvalue weighted by atomic mass is 16.3. The van der Waals surface area contributed by atoms with Gasteiger partial charge in [-0.05, 0) is 38.0 Å². The van der Waals surface area contributed by atoms with Crippen molar-refractivity contribution in [3.8, 4) is 0 Å². The Labute approximate surface area is 89.2 Å². The molecule has 0 aromatic rings. The van der Waals surface area contributed by atoms with E-state index in [0.29, 0.717) is 5.92 Å². The molecule has 0 aliphatic carbocycles. The first-order valence-corrected chi connectivity index (χ1v) is 6.07. The summed E-state index contributed by atoms with van der Waals surface area (Å²) in [6, 6.07) is 0. The van der Waals surface area contributed by atoms with E-state index in [1.54, 1.807) is 0 Å². The molecule has 0 aliphatic heterocycles. The lowest BCUT2D eigenvalue weighted by molar-refractivity contribution is 0.134. The fourth-order valence-corrected chi connectivity index (χ4v) is 1.66. The van der Waals surface area contributed by atoms with Gasteiger partial charge in [0.25, 0.3) is 0 Å². The number of hydrogen-bond acceptors (Lipinski definition) is 1. The molecule has 0 radical (unpaired) electrons. The quantitative estimate of drug-likeness (QED) is 0.586. The maximum atomic E-state index is 9.54.